The van der Waals surface area contributed by atoms with Crippen molar-refractivity contribution >= 4 is 0 Å². The highest BCUT2D eigenvalue weighted by Gasteiger charge is 2.93. The molecule has 210 valence electrons. The van der Waals surface area contributed by atoms with Gasteiger partial charge in [0.15, 0.2) is 0 Å². The van der Waals surface area contributed by atoms with Gasteiger partial charge in [-0.25, -0.2) is 0 Å². The summed E-state index contributed by atoms with van der Waals surface area (Å²) in [6.07, 6.45) is -10.0. The van der Waals surface area contributed by atoms with Gasteiger partial charge in [-0.3, -0.25) is 0 Å². The Labute approximate surface area is 193 Å². The van der Waals surface area contributed by atoms with E-state index in [0.717, 1.165) is 24.3 Å². The van der Waals surface area contributed by atoms with Crippen molar-refractivity contribution in [3.63, 3.8) is 0 Å². The molecule has 2 nitrogen and oxygen atoms in total. The van der Waals surface area contributed by atoms with Gasteiger partial charge in [-0.2, -0.15) is 65.9 Å². The molecule has 0 spiro atoms. The standard InChI is InChI=1S/C19H17F15O2/c1-3-8-36-11-6-4-10(5-7-11)12(2,35)9-13(20,21)14(22,23)15(24,25)16(26,27)17(28,29)18(30,31)19(32,33)34/h4-7,35H,3,8-9H2,1-2H3. The number of rotatable bonds is 11. The molecule has 17 heteroatoms. The lowest BCUT2D eigenvalue weighted by Gasteiger charge is -2.42. The molecule has 0 fully saturated rings. The summed E-state index contributed by atoms with van der Waals surface area (Å²) >= 11 is 0. The first-order valence-electron chi connectivity index (χ1n) is 9.54. The van der Waals surface area contributed by atoms with Crippen LogP contribution in [0.25, 0.3) is 0 Å². The third kappa shape index (κ3) is 5.03. The zero-order valence-electron chi connectivity index (χ0n) is 18.0. The van der Waals surface area contributed by atoms with Gasteiger partial charge in [-0.05, 0) is 31.0 Å². The maximum absolute atomic E-state index is 14.2. The number of hydrogen-bond donors (Lipinski definition) is 1. The van der Waals surface area contributed by atoms with E-state index in [1.807, 2.05) is 0 Å². The lowest BCUT2D eigenvalue weighted by Crippen LogP contribution is -2.72. The average molecular weight is 562 g/mol. The van der Waals surface area contributed by atoms with Gasteiger partial charge in [0.05, 0.1) is 18.6 Å². The van der Waals surface area contributed by atoms with Crippen molar-refractivity contribution in [3.8, 4) is 5.75 Å². The predicted octanol–water partition coefficient (Wildman–Crippen LogP) is 7.45. The molecule has 0 saturated heterocycles. The molecule has 0 bridgehead atoms. The normalized spacial score (nSPS) is 16.6. The zero-order valence-corrected chi connectivity index (χ0v) is 18.0. The fraction of sp³-hybridized carbons (Fsp3) is 0.684. The van der Waals surface area contributed by atoms with Crippen LogP contribution in [0.5, 0.6) is 5.75 Å². The van der Waals surface area contributed by atoms with Crippen LogP contribution in [-0.4, -0.2) is 53.4 Å². The molecule has 36 heavy (non-hydrogen) atoms. The van der Waals surface area contributed by atoms with Gasteiger partial charge in [0.1, 0.15) is 5.75 Å². The fourth-order valence-corrected chi connectivity index (χ4v) is 2.77. The number of halogens is 15. The van der Waals surface area contributed by atoms with Crippen LogP contribution in [0, 0.1) is 0 Å². The second-order valence-corrected chi connectivity index (χ2v) is 7.90. The van der Waals surface area contributed by atoms with Gasteiger partial charge in [-0.15, -0.1) is 0 Å². The van der Waals surface area contributed by atoms with Crippen LogP contribution in [-0.2, 0) is 5.60 Å². The molecule has 0 aromatic heterocycles. The smallest absolute Gasteiger partial charge is 0.460 e. The lowest BCUT2D eigenvalue weighted by molar-refractivity contribution is -0.453. The second-order valence-electron chi connectivity index (χ2n) is 7.90. The highest BCUT2D eigenvalue weighted by Crippen LogP contribution is 2.63. The SMILES string of the molecule is CCCOc1ccc(C(C)(O)CC(F)(F)C(F)(F)C(F)(F)C(F)(F)C(F)(F)C(F)(F)C(F)(F)F)cc1. The number of benzene rings is 1. The van der Waals surface area contributed by atoms with E-state index >= 15 is 0 Å². The van der Waals surface area contributed by atoms with E-state index in [1.54, 1.807) is 6.92 Å². The van der Waals surface area contributed by atoms with Gasteiger partial charge in [0.25, 0.3) is 0 Å². The molecule has 1 N–H and O–H groups in total. The maximum Gasteiger partial charge on any atom is 0.460 e. The van der Waals surface area contributed by atoms with E-state index in [1.165, 1.54) is 0 Å². The highest BCUT2D eigenvalue weighted by molar-refractivity contribution is 5.31. The van der Waals surface area contributed by atoms with E-state index < -0.39 is 59.3 Å². The van der Waals surface area contributed by atoms with Crippen molar-refractivity contribution in [2.75, 3.05) is 6.61 Å². The van der Waals surface area contributed by atoms with E-state index in [0.29, 0.717) is 13.3 Å². The van der Waals surface area contributed by atoms with E-state index in [2.05, 4.69) is 0 Å². The zero-order chi connectivity index (χ0) is 28.8. The summed E-state index contributed by atoms with van der Waals surface area (Å²) in [5, 5.41) is 10.1. The van der Waals surface area contributed by atoms with E-state index in [4.69, 9.17) is 4.74 Å². The first-order valence-corrected chi connectivity index (χ1v) is 9.54. The number of hydrogen-bond acceptors (Lipinski definition) is 2. The molecule has 1 rings (SSSR count). The number of alkyl halides is 15. The summed E-state index contributed by atoms with van der Waals surface area (Å²) in [6, 6.07) is 3.53. The minimum Gasteiger partial charge on any atom is -0.494 e. The molecule has 0 heterocycles. The van der Waals surface area contributed by atoms with E-state index in [9.17, 15) is 71.0 Å². The Hall–Kier alpha value is -2.07. The predicted molar refractivity (Wildman–Crippen MR) is 92.2 cm³/mol. The third-order valence-corrected chi connectivity index (χ3v) is 4.91. The van der Waals surface area contributed by atoms with Crippen molar-refractivity contribution in [3.05, 3.63) is 29.8 Å². The van der Waals surface area contributed by atoms with Crippen LogP contribution < -0.4 is 4.74 Å². The number of ether oxygens (including phenoxy) is 1. The van der Waals surface area contributed by atoms with Crippen LogP contribution in [0.1, 0.15) is 32.3 Å². The fourth-order valence-electron chi connectivity index (χ4n) is 2.77. The molecule has 1 atom stereocenters. The third-order valence-electron chi connectivity index (χ3n) is 4.91. The summed E-state index contributed by atoms with van der Waals surface area (Å²) < 4.78 is 205. The van der Waals surface area contributed by atoms with Crippen molar-refractivity contribution in [2.45, 2.75) is 74.0 Å². The Morgan fingerprint density at radius 1 is 0.639 bits per heavy atom. The first kappa shape index (κ1) is 32.0. The molecule has 0 radical (unpaired) electrons. The molecule has 0 aliphatic rings. The quantitative estimate of drug-likeness (QED) is 0.284. The van der Waals surface area contributed by atoms with Crippen LogP contribution in [0.15, 0.2) is 24.3 Å². The molecule has 0 aliphatic heterocycles. The van der Waals surface area contributed by atoms with Gasteiger partial charge in [0, 0.05) is 0 Å². The van der Waals surface area contributed by atoms with Crippen molar-refractivity contribution < 1.29 is 75.7 Å². The number of aliphatic hydroxyl groups is 1. The minimum absolute atomic E-state index is 0.0625. The summed E-state index contributed by atoms with van der Waals surface area (Å²) in [5.41, 5.74) is -3.98. The van der Waals surface area contributed by atoms with Crippen LogP contribution in [0.4, 0.5) is 65.9 Å². The molecular formula is C19H17F15O2. The highest BCUT2D eigenvalue weighted by atomic mass is 19.4. The minimum atomic E-state index is -8.37. The van der Waals surface area contributed by atoms with Gasteiger partial charge >= 0.3 is 41.7 Å². The van der Waals surface area contributed by atoms with Crippen LogP contribution in [0.2, 0.25) is 0 Å². The van der Waals surface area contributed by atoms with Gasteiger partial charge in [0.2, 0.25) is 0 Å². The molecule has 0 aliphatic carbocycles. The monoisotopic (exact) mass is 562 g/mol. The largest absolute Gasteiger partial charge is 0.494 e. The molecule has 1 aromatic rings. The van der Waals surface area contributed by atoms with Crippen molar-refractivity contribution in [1.82, 2.24) is 0 Å². The van der Waals surface area contributed by atoms with Gasteiger partial charge < -0.3 is 9.84 Å². The Morgan fingerprint density at radius 3 is 1.42 bits per heavy atom. The Kier molecular flexibility index (Phi) is 8.30. The van der Waals surface area contributed by atoms with Crippen molar-refractivity contribution in [1.29, 1.82) is 0 Å². The average Bonchev–Trinajstić information content (AvgIpc) is 2.70. The summed E-state index contributed by atoms with van der Waals surface area (Å²) in [4.78, 5) is 0. The Morgan fingerprint density at radius 2 is 1.03 bits per heavy atom. The summed E-state index contributed by atoms with van der Waals surface area (Å²) in [6.45, 7) is 2.16. The molecule has 0 amide bonds. The molecule has 1 unspecified atom stereocenters. The first-order chi connectivity index (χ1) is 15.7. The molecule has 1 aromatic carbocycles. The van der Waals surface area contributed by atoms with Crippen molar-refractivity contribution in [2.24, 2.45) is 0 Å². The maximum atomic E-state index is 14.2. The Balaban J connectivity index is 3.43. The van der Waals surface area contributed by atoms with Crippen LogP contribution >= 0.6 is 0 Å². The van der Waals surface area contributed by atoms with E-state index in [-0.39, 0.29) is 12.4 Å². The second kappa shape index (κ2) is 9.35. The van der Waals surface area contributed by atoms with Crippen LogP contribution in [0.3, 0.4) is 0 Å². The van der Waals surface area contributed by atoms with Gasteiger partial charge in [-0.1, -0.05) is 19.1 Å². The molecule has 0 saturated carbocycles. The topological polar surface area (TPSA) is 29.5 Å². The summed E-state index contributed by atoms with van der Waals surface area (Å²) in [5.74, 6) is -47.1. The lowest BCUT2D eigenvalue weighted by atomic mass is 9.84. The molecular weight excluding hydrogens is 545 g/mol. The summed E-state index contributed by atoms with van der Waals surface area (Å²) in [7, 11) is 0. The Bertz CT molecular complexity index is 889.